The number of nitrogens with zero attached hydrogens (tertiary/aromatic N) is 3. The monoisotopic (exact) mass is 261 g/mol. The van der Waals surface area contributed by atoms with Gasteiger partial charge in [0.25, 0.3) is 0 Å². The Kier molecular flexibility index (Phi) is 3.16. The van der Waals surface area contributed by atoms with Gasteiger partial charge in [0.2, 0.25) is 0 Å². The molecule has 1 saturated heterocycles. The maximum absolute atomic E-state index is 10.9. The number of hydrogen-bond acceptors (Lipinski definition) is 4. The van der Waals surface area contributed by atoms with Crippen molar-refractivity contribution < 1.29 is 14.6 Å². The maximum Gasteiger partial charge on any atom is 0.335 e. The van der Waals surface area contributed by atoms with Crippen LogP contribution in [0.4, 0.5) is 0 Å². The second-order valence-electron chi connectivity index (χ2n) is 4.74. The zero-order valence-electron chi connectivity index (χ0n) is 10.5. The van der Waals surface area contributed by atoms with Gasteiger partial charge < -0.3 is 9.84 Å². The minimum Gasteiger partial charge on any atom is -0.478 e. The average molecular weight is 261 g/mol. The molecule has 0 bridgehead atoms. The Morgan fingerprint density at radius 3 is 3.16 bits per heavy atom. The van der Waals surface area contributed by atoms with Gasteiger partial charge in [-0.15, -0.1) is 0 Å². The van der Waals surface area contributed by atoms with Crippen molar-refractivity contribution in [3.05, 3.63) is 29.7 Å². The van der Waals surface area contributed by atoms with Gasteiger partial charge in [0.15, 0.2) is 11.5 Å². The maximum atomic E-state index is 10.9. The van der Waals surface area contributed by atoms with E-state index in [9.17, 15) is 4.79 Å². The number of ether oxygens (including phenoxy) is 1. The summed E-state index contributed by atoms with van der Waals surface area (Å²) in [7, 11) is 0. The highest BCUT2D eigenvalue weighted by molar-refractivity contribution is 5.88. The number of fused-ring (bicyclic) bond motifs is 1. The summed E-state index contributed by atoms with van der Waals surface area (Å²) in [5.74, 6) is -0.253. The molecule has 6 nitrogen and oxygen atoms in total. The smallest absolute Gasteiger partial charge is 0.335 e. The zero-order chi connectivity index (χ0) is 13.2. The van der Waals surface area contributed by atoms with Crippen LogP contribution in [0, 0.1) is 0 Å². The lowest BCUT2D eigenvalue weighted by Crippen LogP contribution is -2.21. The zero-order valence-corrected chi connectivity index (χ0v) is 10.5. The van der Waals surface area contributed by atoms with Crippen molar-refractivity contribution in [3.63, 3.8) is 0 Å². The lowest BCUT2D eigenvalue weighted by molar-refractivity contribution is 0.0157. The number of aromatic carboxylic acids is 1. The average Bonchev–Trinajstić information content (AvgIpc) is 2.80. The molecular formula is C13H15N3O3. The van der Waals surface area contributed by atoms with Crippen LogP contribution in [0.25, 0.3) is 5.65 Å². The summed E-state index contributed by atoms with van der Waals surface area (Å²) < 4.78 is 7.26. The fourth-order valence-electron chi connectivity index (χ4n) is 2.32. The number of hydrogen-bond donors (Lipinski definition) is 1. The number of carbonyl (C=O) groups is 1. The molecular weight excluding hydrogens is 246 g/mol. The van der Waals surface area contributed by atoms with E-state index in [1.165, 1.54) is 18.6 Å². The molecule has 1 N–H and O–H groups in total. The first-order valence-electron chi connectivity index (χ1n) is 6.42. The molecule has 0 radical (unpaired) electrons. The molecule has 2 aromatic heterocycles. The topological polar surface area (TPSA) is 76.7 Å². The molecule has 6 heteroatoms. The Morgan fingerprint density at radius 1 is 1.53 bits per heavy atom. The predicted octanol–water partition coefficient (Wildman–Crippen LogP) is 1.54. The second kappa shape index (κ2) is 4.97. The van der Waals surface area contributed by atoms with E-state index in [0.717, 1.165) is 19.4 Å². The highest BCUT2D eigenvalue weighted by Gasteiger charge is 2.17. The summed E-state index contributed by atoms with van der Waals surface area (Å²) in [4.78, 5) is 15.2. The van der Waals surface area contributed by atoms with Gasteiger partial charge in [0.1, 0.15) is 0 Å². The Bertz CT molecular complexity index is 602. The molecule has 2 aromatic rings. The van der Waals surface area contributed by atoms with Crippen molar-refractivity contribution in [3.8, 4) is 0 Å². The van der Waals surface area contributed by atoms with Crippen molar-refractivity contribution in [2.24, 2.45) is 0 Å². The second-order valence-corrected chi connectivity index (χ2v) is 4.74. The molecule has 1 unspecified atom stereocenters. The summed E-state index contributed by atoms with van der Waals surface area (Å²) in [6.07, 6.45) is 5.83. The van der Waals surface area contributed by atoms with E-state index in [1.54, 1.807) is 10.7 Å². The van der Waals surface area contributed by atoms with E-state index in [1.807, 2.05) is 0 Å². The molecule has 3 rings (SSSR count). The Hall–Kier alpha value is -1.95. The van der Waals surface area contributed by atoms with E-state index in [4.69, 9.17) is 9.84 Å². The molecule has 0 aromatic carbocycles. The van der Waals surface area contributed by atoms with E-state index in [-0.39, 0.29) is 11.7 Å². The van der Waals surface area contributed by atoms with Gasteiger partial charge in [-0.2, -0.15) is 5.10 Å². The Balaban J connectivity index is 1.82. The van der Waals surface area contributed by atoms with Gasteiger partial charge in [0, 0.05) is 19.2 Å². The van der Waals surface area contributed by atoms with Crippen LogP contribution in [0.15, 0.2) is 18.3 Å². The SMILES string of the molecule is O=C(O)c1ccn2nc(CC3CCCCO3)nc2c1. The third kappa shape index (κ3) is 2.58. The molecule has 0 spiro atoms. The fraction of sp³-hybridized carbons (Fsp3) is 0.462. The Labute approximate surface area is 110 Å². The molecule has 1 atom stereocenters. The molecule has 1 aliphatic heterocycles. The summed E-state index contributed by atoms with van der Waals surface area (Å²) in [6.45, 7) is 0.807. The highest BCUT2D eigenvalue weighted by atomic mass is 16.5. The molecule has 0 saturated carbocycles. The highest BCUT2D eigenvalue weighted by Crippen LogP contribution is 2.16. The van der Waals surface area contributed by atoms with Crippen LogP contribution in [0.5, 0.6) is 0 Å². The van der Waals surface area contributed by atoms with Crippen LogP contribution >= 0.6 is 0 Å². The molecule has 19 heavy (non-hydrogen) atoms. The van der Waals surface area contributed by atoms with Crippen molar-refractivity contribution in [2.45, 2.75) is 31.8 Å². The van der Waals surface area contributed by atoms with Gasteiger partial charge in [-0.3, -0.25) is 0 Å². The van der Waals surface area contributed by atoms with Gasteiger partial charge in [-0.1, -0.05) is 0 Å². The van der Waals surface area contributed by atoms with Crippen molar-refractivity contribution in [2.75, 3.05) is 6.61 Å². The number of aromatic nitrogens is 3. The standard InChI is InChI=1S/C13H15N3O3/c17-13(18)9-4-5-16-12(7-9)14-11(15-16)8-10-3-1-2-6-19-10/h4-5,7,10H,1-3,6,8H2,(H,17,18). The van der Waals surface area contributed by atoms with Crippen molar-refractivity contribution in [1.82, 2.24) is 14.6 Å². The summed E-state index contributed by atoms with van der Waals surface area (Å²) in [5.41, 5.74) is 0.783. The van der Waals surface area contributed by atoms with Crippen LogP contribution in [0.2, 0.25) is 0 Å². The molecule has 0 amide bonds. The molecule has 0 aliphatic carbocycles. The third-order valence-electron chi connectivity index (χ3n) is 3.31. The Morgan fingerprint density at radius 2 is 2.42 bits per heavy atom. The number of carboxylic acids is 1. The molecule has 1 aliphatic rings. The van der Waals surface area contributed by atoms with E-state index >= 15 is 0 Å². The first kappa shape index (κ1) is 12.1. The molecule has 100 valence electrons. The van der Waals surface area contributed by atoms with Gasteiger partial charge in [0.05, 0.1) is 11.7 Å². The summed E-state index contributed by atoms with van der Waals surface area (Å²) >= 11 is 0. The molecule has 1 fully saturated rings. The number of carboxylic acid groups (broad SMARTS) is 1. The summed E-state index contributed by atoms with van der Waals surface area (Å²) in [6, 6.07) is 3.05. The fourth-order valence-corrected chi connectivity index (χ4v) is 2.32. The van der Waals surface area contributed by atoms with Crippen LogP contribution in [0.1, 0.15) is 35.4 Å². The van der Waals surface area contributed by atoms with Crippen molar-refractivity contribution >= 4 is 11.6 Å². The third-order valence-corrected chi connectivity index (χ3v) is 3.31. The van der Waals surface area contributed by atoms with Crippen molar-refractivity contribution in [1.29, 1.82) is 0 Å². The largest absolute Gasteiger partial charge is 0.478 e. The molecule has 3 heterocycles. The van der Waals surface area contributed by atoms with Crippen LogP contribution in [0.3, 0.4) is 0 Å². The van der Waals surface area contributed by atoms with Gasteiger partial charge in [-0.25, -0.2) is 14.3 Å². The lowest BCUT2D eigenvalue weighted by atomic mass is 10.1. The van der Waals surface area contributed by atoms with Crippen LogP contribution in [-0.4, -0.2) is 38.4 Å². The minimum atomic E-state index is -0.956. The quantitative estimate of drug-likeness (QED) is 0.906. The minimum absolute atomic E-state index is 0.185. The predicted molar refractivity (Wildman–Crippen MR) is 67.2 cm³/mol. The van der Waals surface area contributed by atoms with E-state index in [0.29, 0.717) is 17.9 Å². The number of pyridine rings is 1. The normalized spacial score (nSPS) is 19.7. The van der Waals surface area contributed by atoms with Gasteiger partial charge in [-0.05, 0) is 31.4 Å². The van der Waals surface area contributed by atoms with Crippen LogP contribution < -0.4 is 0 Å². The van der Waals surface area contributed by atoms with E-state index < -0.39 is 5.97 Å². The summed E-state index contributed by atoms with van der Waals surface area (Å²) in [5, 5.41) is 13.3. The first-order chi connectivity index (χ1) is 9.22. The van der Waals surface area contributed by atoms with Crippen LogP contribution in [-0.2, 0) is 11.2 Å². The van der Waals surface area contributed by atoms with E-state index in [2.05, 4.69) is 10.1 Å². The lowest BCUT2D eigenvalue weighted by Gasteiger charge is -2.20. The first-order valence-corrected chi connectivity index (χ1v) is 6.42. The van der Waals surface area contributed by atoms with Gasteiger partial charge >= 0.3 is 5.97 Å². The number of rotatable bonds is 3.